The quantitative estimate of drug-likeness (QED) is 0.165. The van der Waals surface area contributed by atoms with Crippen LogP contribution in [0.15, 0.2) is 78.9 Å². The van der Waals surface area contributed by atoms with Gasteiger partial charge in [-0.05, 0) is 75.2 Å². The Balaban J connectivity index is 1.70. The number of ether oxygens (including phenoxy) is 4. The van der Waals surface area contributed by atoms with Crippen molar-refractivity contribution in [2.24, 2.45) is 5.92 Å². The van der Waals surface area contributed by atoms with Crippen molar-refractivity contribution in [3.8, 4) is 28.4 Å². The van der Waals surface area contributed by atoms with Gasteiger partial charge >= 0.3 is 12.1 Å². The van der Waals surface area contributed by atoms with E-state index in [9.17, 15) is 18.8 Å². The van der Waals surface area contributed by atoms with Gasteiger partial charge in [-0.1, -0.05) is 43.3 Å². The molecule has 2 N–H and O–H groups in total. The topological polar surface area (TPSA) is 130 Å². The lowest BCUT2D eigenvalue weighted by Crippen LogP contribution is -2.50. The number of aromatic nitrogens is 2. The molecule has 1 aromatic heterocycles. The molecule has 0 radical (unpaired) electrons. The van der Waals surface area contributed by atoms with Crippen LogP contribution in [-0.2, 0) is 20.9 Å². The fourth-order valence-corrected chi connectivity index (χ4v) is 4.98. The first kappa shape index (κ1) is 35.5. The van der Waals surface area contributed by atoms with E-state index in [1.54, 1.807) is 39.0 Å². The monoisotopic (exact) mass is 660 g/mol. The summed E-state index contributed by atoms with van der Waals surface area (Å²) in [5.74, 6) is -1.48. The van der Waals surface area contributed by atoms with Gasteiger partial charge in [-0.2, -0.15) is 5.10 Å². The van der Waals surface area contributed by atoms with Crippen LogP contribution in [0.2, 0.25) is 0 Å². The number of alkyl carbamates (subject to hydrolysis) is 1. The minimum Gasteiger partial charge on any atom is -0.496 e. The highest BCUT2D eigenvalue weighted by Crippen LogP contribution is 2.39. The summed E-state index contributed by atoms with van der Waals surface area (Å²) >= 11 is 0. The summed E-state index contributed by atoms with van der Waals surface area (Å²) in [5.41, 5.74) is 1.39. The van der Waals surface area contributed by atoms with E-state index in [4.69, 9.17) is 18.9 Å². The minimum atomic E-state index is -1.17. The van der Waals surface area contributed by atoms with E-state index in [2.05, 4.69) is 15.7 Å². The molecule has 48 heavy (non-hydrogen) atoms. The summed E-state index contributed by atoms with van der Waals surface area (Å²) in [6.07, 6.45) is -0.258. The molecular weight excluding hydrogens is 619 g/mol. The molecule has 1 unspecified atom stereocenters. The summed E-state index contributed by atoms with van der Waals surface area (Å²) in [7, 11) is 3.01. The molecule has 4 rings (SSSR count). The second kappa shape index (κ2) is 15.9. The number of halogens is 1. The summed E-state index contributed by atoms with van der Waals surface area (Å²) < 4.78 is 37.6. The number of nitrogens with zero attached hydrogens (tertiary/aromatic N) is 2. The normalized spacial score (nSPS) is 12.4. The van der Waals surface area contributed by atoms with Crippen molar-refractivity contribution >= 4 is 18.0 Å². The van der Waals surface area contributed by atoms with Gasteiger partial charge in [0.05, 0.1) is 31.2 Å². The van der Waals surface area contributed by atoms with E-state index in [-0.39, 0.29) is 18.8 Å². The van der Waals surface area contributed by atoms with Crippen LogP contribution in [0.4, 0.5) is 9.18 Å². The summed E-state index contributed by atoms with van der Waals surface area (Å²) in [6.45, 7) is 7.07. The number of hydrogen-bond donors (Lipinski definition) is 2. The lowest BCUT2D eigenvalue weighted by atomic mass is 9.96. The summed E-state index contributed by atoms with van der Waals surface area (Å²) in [5, 5.41) is 10.1. The van der Waals surface area contributed by atoms with Gasteiger partial charge in [0.25, 0.3) is 5.91 Å². The molecule has 0 saturated carbocycles. The molecule has 0 aliphatic carbocycles. The van der Waals surface area contributed by atoms with E-state index in [1.807, 2.05) is 37.3 Å². The zero-order chi connectivity index (χ0) is 34.8. The van der Waals surface area contributed by atoms with E-state index >= 15 is 0 Å². The fraction of sp³-hybridized carbons (Fsp3) is 0.333. The molecule has 0 fully saturated rings. The Kier molecular flexibility index (Phi) is 11.8. The Hall–Kier alpha value is -5.39. The van der Waals surface area contributed by atoms with Crippen molar-refractivity contribution < 1.29 is 37.7 Å². The average Bonchev–Trinajstić information content (AvgIpc) is 3.51. The second-order valence-corrected chi connectivity index (χ2v) is 11.9. The van der Waals surface area contributed by atoms with Crippen molar-refractivity contribution in [1.82, 2.24) is 20.4 Å². The number of benzene rings is 3. The van der Waals surface area contributed by atoms with Crippen molar-refractivity contribution in [2.45, 2.75) is 52.4 Å². The number of amides is 2. The van der Waals surface area contributed by atoms with Gasteiger partial charge in [0.1, 0.15) is 35.6 Å². The number of nitrogens with one attached hydrogen (secondary N) is 2. The molecule has 4 aromatic rings. The maximum Gasteiger partial charge on any atom is 0.407 e. The van der Waals surface area contributed by atoms with Gasteiger partial charge < -0.3 is 29.6 Å². The smallest absolute Gasteiger partial charge is 0.407 e. The van der Waals surface area contributed by atoms with Crippen LogP contribution in [0.3, 0.4) is 0 Å². The van der Waals surface area contributed by atoms with Gasteiger partial charge in [-0.25, -0.2) is 18.7 Å². The predicted octanol–water partition coefficient (Wildman–Crippen LogP) is 6.09. The molecule has 2 atom stereocenters. The Morgan fingerprint density at radius 2 is 1.56 bits per heavy atom. The highest BCUT2D eigenvalue weighted by atomic mass is 19.1. The van der Waals surface area contributed by atoms with Crippen LogP contribution in [-0.4, -0.2) is 60.2 Å². The highest BCUT2D eigenvalue weighted by molar-refractivity contribution is 5.97. The number of methoxy groups -OCH3 is 2. The lowest BCUT2D eigenvalue weighted by molar-refractivity contribution is -0.148. The molecule has 254 valence electrons. The van der Waals surface area contributed by atoms with E-state index in [0.29, 0.717) is 34.9 Å². The van der Waals surface area contributed by atoms with Crippen LogP contribution in [0.5, 0.6) is 11.5 Å². The van der Waals surface area contributed by atoms with Crippen molar-refractivity contribution in [2.75, 3.05) is 20.8 Å². The van der Waals surface area contributed by atoms with Gasteiger partial charge in [0, 0.05) is 12.5 Å². The second-order valence-electron chi connectivity index (χ2n) is 11.9. The molecule has 1 heterocycles. The molecule has 0 aliphatic heterocycles. The predicted molar refractivity (Wildman–Crippen MR) is 178 cm³/mol. The Morgan fingerprint density at radius 1 is 0.917 bits per heavy atom. The zero-order valence-corrected chi connectivity index (χ0v) is 27.9. The van der Waals surface area contributed by atoms with Crippen LogP contribution in [0, 0.1) is 11.7 Å². The number of carbonyl (C=O) groups is 3. The molecule has 2 amide bonds. The maximum atomic E-state index is 13.9. The number of esters is 1. The third-order valence-corrected chi connectivity index (χ3v) is 7.36. The SMILES string of the molecule is CC[C@H](CNC(=O)OC(C)(C)C)C(NC(=O)c1cc(-c2c(OC)cccc2OC)n(-c2ccc(F)cc2)n1)C(=O)OCc1ccccc1. The molecule has 3 aromatic carbocycles. The van der Waals surface area contributed by atoms with Gasteiger partial charge in [-0.3, -0.25) is 4.79 Å². The third kappa shape index (κ3) is 9.11. The van der Waals surface area contributed by atoms with Crippen molar-refractivity contribution in [1.29, 1.82) is 0 Å². The highest BCUT2D eigenvalue weighted by Gasteiger charge is 2.33. The fourth-order valence-electron chi connectivity index (χ4n) is 4.98. The van der Waals surface area contributed by atoms with Gasteiger partial charge in [0.2, 0.25) is 0 Å². The van der Waals surface area contributed by atoms with E-state index in [0.717, 1.165) is 5.56 Å². The minimum absolute atomic E-state index is 0.0150. The van der Waals surface area contributed by atoms with E-state index < -0.39 is 41.3 Å². The lowest BCUT2D eigenvalue weighted by Gasteiger charge is -2.26. The summed E-state index contributed by atoms with van der Waals surface area (Å²) in [4.78, 5) is 40.0. The molecular formula is C36H41FN4O7. The van der Waals surface area contributed by atoms with Gasteiger partial charge in [-0.15, -0.1) is 0 Å². The Morgan fingerprint density at radius 3 is 2.15 bits per heavy atom. The molecule has 0 aliphatic rings. The Bertz CT molecular complexity index is 1680. The molecule has 0 spiro atoms. The Labute approximate surface area is 279 Å². The zero-order valence-electron chi connectivity index (χ0n) is 27.9. The largest absolute Gasteiger partial charge is 0.496 e. The van der Waals surface area contributed by atoms with Crippen molar-refractivity contribution in [3.63, 3.8) is 0 Å². The number of rotatable bonds is 13. The van der Waals surface area contributed by atoms with Gasteiger partial charge in [0.15, 0.2) is 5.69 Å². The molecule has 0 saturated heterocycles. The van der Waals surface area contributed by atoms with Crippen LogP contribution >= 0.6 is 0 Å². The molecule has 11 nitrogen and oxygen atoms in total. The third-order valence-electron chi connectivity index (χ3n) is 7.36. The first-order chi connectivity index (χ1) is 22.9. The maximum absolute atomic E-state index is 13.9. The van der Waals surface area contributed by atoms with E-state index in [1.165, 1.54) is 49.2 Å². The van der Waals surface area contributed by atoms with Crippen LogP contribution in [0.25, 0.3) is 16.9 Å². The van der Waals surface area contributed by atoms with Crippen LogP contribution < -0.4 is 20.1 Å². The molecule has 0 bridgehead atoms. The first-order valence-electron chi connectivity index (χ1n) is 15.5. The molecule has 12 heteroatoms. The number of carbonyl (C=O) groups excluding carboxylic acids is 3. The summed E-state index contributed by atoms with van der Waals surface area (Å²) in [6, 6.07) is 20.3. The first-order valence-corrected chi connectivity index (χ1v) is 15.5. The van der Waals surface area contributed by atoms with Crippen LogP contribution in [0.1, 0.15) is 50.2 Å². The average molecular weight is 661 g/mol. The standard InChI is InChI=1S/C36H41FN4O7/c1-7-24(21-38-35(44)48-36(2,3)4)32(34(43)47-22-23-12-9-8-10-13-23)39-33(42)27-20-28(31-29(45-5)14-11-15-30(31)46-6)41(40-27)26-18-16-25(37)17-19-26/h8-20,24,32H,7,21-22H2,1-6H3,(H,38,44)(H,39,42)/t24-,32?/m1/s1. The van der Waals surface area contributed by atoms with Crippen molar-refractivity contribution in [3.05, 3.63) is 95.9 Å². The number of hydrogen-bond acceptors (Lipinski definition) is 8.